The highest BCUT2D eigenvalue weighted by atomic mass is 16.1. The van der Waals surface area contributed by atoms with Crippen LogP contribution in [0, 0.1) is 17.8 Å². The third kappa shape index (κ3) is 6.71. The molecule has 0 unspecified atom stereocenters. The molecule has 3 N–H and O–H groups in total. The Hall–Kier alpha value is -0.610. The lowest BCUT2D eigenvalue weighted by Gasteiger charge is -2.31. The Morgan fingerprint density at radius 3 is 2.50 bits per heavy atom. The normalized spacial score (nSPS) is 19.2. The zero-order valence-corrected chi connectivity index (χ0v) is 13.5. The van der Waals surface area contributed by atoms with Gasteiger partial charge in [-0.15, -0.1) is 0 Å². The SMILES string of the molecule is CCN1CCC(CNC(=O)C[C@@H](CN)CC(C)C)CC1. The van der Waals surface area contributed by atoms with Crippen LogP contribution >= 0.6 is 0 Å². The lowest BCUT2D eigenvalue weighted by molar-refractivity contribution is -0.122. The van der Waals surface area contributed by atoms with Gasteiger partial charge in [-0.1, -0.05) is 20.8 Å². The van der Waals surface area contributed by atoms with Gasteiger partial charge in [-0.25, -0.2) is 0 Å². The van der Waals surface area contributed by atoms with Gasteiger partial charge < -0.3 is 16.0 Å². The topological polar surface area (TPSA) is 58.4 Å². The van der Waals surface area contributed by atoms with Crippen molar-refractivity contribution in [3.8, 4) is 0 Å². The third-order valence-corrected chi connectivity index (χ3v) is 4.35. The zero-order valence-electron chi connectivity index (χ0n) is 13.5. The number of nitrogens with one attached hydrogen (secondary N) is 1. The van der Waals surface area contributed by atoms with Crippen LogP contribution in [0.5, 0.6) is 0 Å². The summed E-state index contributed by atoms with van der Waals surface area (Å²) in [7, 11) is 0. The highest BCUT2D eigenvalue weighted by Gasteiger charge is 2.19. The van der Waals surface area contributed by atoms with Crippen molar-refractivity contribution in [1.82, 2.24) is 10.2 Å². The molecule has 1 aliphatic heterocycles. The molecule has 1 amide bonds. The van der Waals surface area contributed by atoms with E-state index in [9.17, 15) is 4.79 Å². The number of likely N-dealkylation sites (tertiary alicyclic amines) is 1. The van der Waals surface area contributed by atoms with Gasteiger partial charge in [0.1, 0.15) is 0 Å². The maximum atomic E-state index is 12.0. The summed E-state index contributed by atoms with van der Waals surface area (Å²) in [5, 5.41) is 3.11. The standard InChI is InChI=1S/C16H33N3O/c1-4-19-7-5-14(6-8-19)12-18-16(20)10-15(11-17)9-13(2)3/h13-15H,4-12,17H2,1-3H3,(H,18,20)/t15-/m0/s1. The van der Waals surface area contributed by atoms with Crippen LogP contribution in [0.25, 0.3) is 0 Å². The minimum Gasteiger partial charge on any atom is -0.356 e. The fourth-order valence-corrected chi connectivity index (χ4v) is 3.03. The van der Waals surface area contributed by atoms with Crippen LogP contribution in [0.2, 0.25) is 0 Å². The minimum absolute atomic E-state index is 0.180. The molecule has 0 spiro atoms. The highest BCUT2D eigenvalue weighted by Crippen LogP contribution is 2.17. The van der Waals surface area contributed by atoms with Gasteiger partial charge in [0.05, 0.1) is 0 Å². The number of hydrogen-bond acceptors (Lipinski definition) is 3. The van der Waals surface area contributed by atoms with Crippen molar-refractivity contribution in [1.29, 1.82) is 0 Å². The van der Waals surface area contributed by atoms with E-state index in [1.54, 1.807) is 0 Å². The molecule has 20 heavy (non-hydrogen) atoms. The fourth-order valence-electron chi connectivity index (χ4n) is 3.03. The molecule has 118 valence electrons. The Morgan fingerprint density at radius 1 is 1.35 bits per heavy atom. The fraction of sp³-hybridized carbons (Fsp3) is 0.938. The summed E-state index contributed by atoms with van der Waals surface area (Å²) in [6.45, 7) is 11.5. The summed E-state index contributed by atoms with van der Waals surface area (Å²) in [5.74, 6) is 1.77. The Morgan fingerprint density at radius 2 is 2.00 bits per heavy atom. The number of carbonyl (C=O) groups is 1. The summed E-state index contributed by atoms with van der Waals surface area (Å²) in [5.41, 5.74) is 5.75. The number of piperidine rings is 1. The molecule has 1 fully saturated rings. The van der Waals surface area contributed by atoms with E-state index in [4.69, 9.17) is 5.73 Å². The minimum atomic E-state index is 0.180. The summed E-state index contributed by atoms with van der Waals surface area (Å²) in [6, 6.07) is 0. The average molecular weight is 283 g/mol. The third-order valence-electron chi connectivity index (χ3n) is 4.35. The van der Waals surface area contributed by atoms with E-state index in [-0.39, 0.29) is 5.91 Å². The molecule has 0 saturated carbocycles. The number of rotatable bonds is 8. The lowest BCUT2D eigenvalue weighted by Crippen LogP contribution is -2.39. The summed E-state index contributed by atoms with van der Waals surface area (Å²) in [4.78, 5) is 14.5. The van der Waals surface area contributed by atoms with Crippen LogP contribution in [-0.2, 0) is 4.79 Å². The van der Waals surface area contributed by atoms with Crippen molar-refractivity contribution in [2.24, 2.45) is 23.5 Å². The smallest absolute Gasteiger partial charge is 0.220 e. The first-order chi connectivity index (χ1) is 9.55. The van der Waals surface area contributed by atoms with Crippen molar-refractivity contribution in [3.05, 3.63) is 0 Å². The zero-order chi connectivity index (χ0) is 15.0. The Kier molecular flexibility index (Phi) is 8.15. The Balaban J connectivity index is 2.19. The molecule has 1 saturated heterocycles. The van der Waals surface area contributed by atoms with Crippen molar-refractivity contribution < 1.29 is 4.79 Å². The number of amides is 1. The van der Waals surface area contributed by atoms with Crippen LogP contribution in [0.15, 0.2) is 0 Å². The van der Waals surface area contributed by atoms with E-state index in [0.717, 1.165) is 19.5 Å². The van der Waals surface area contributed by atoms with Gasteiger partial charge in [-0.05, 0) is 63.2 Å². The molecule has 4 nitrogen and oxygen atoms in total. The summed E-state index contributed by atoms with van der Waals surface area (Å²) >= 11 is 0. The van der Waals surface area contributed by atoms with Gasteiger partial charge in [0, 0.05) is 13.0 Å². The molecule has 1 atom stereocenters. The van der Waals surface area contributed by atoms with Crippen LogP contribution in [0.1, 0.15) is 46.5 Å². The van der Waals surface area contributed by atoms with Gasteiger partial charge in [0.15, 0.2) is 0 Å². The van der Waals surface area contributed by atoms with Gasteiger partial charge in [-0.2, -0.15) is 0 Å². The monoisotopic (exact) mass is 283 g/mol. The van der Waals surface area contributed by atoms with Gasteiger partial charge in [0.2, 0.25) is 5.91 Å². The maximum Gasteiger partial charge on any atom is 0.220 e. The molecule has 0 radical (unpaired) electrons. The van der Waals surface area contributed by atoms with E-state index in [1.807, 2.05) is 0 Å². The van der Waals surface area contributed by atoms with Gasteiger partial charge in [-0.3, -0.25) is 4.79 Å². The first-order valence-corrected chi connectivity index (χ1v) is 8.24. The summed E-state index contributed by atoms with van der Waals surface area (Å²) < 4.78 is 0. The quantitative estimate of drug-likeness (QED) is 0.715. The largest absolute Gasteiger partial charge is 0.356 e. The van der Waals surface area contributed by atoms with E-state index in [1.165, 1.54) is 25.9 Å². The van der Waals surface area contributed by atoms with Gasteiger partial charge >= 0.3 is 0 Å². The molecular weight excluding hydrogens is 250 g/mol. The van der Waals surface area contributed by atoms with Crippen molar-refractivity contribution in [2.75, 3.05) is 32.7 Å². The number of nitrogens with zero attached hydrogens (tertiary/aromatic N) is 1. The predicted octanol–water partition coefficient (Wildman–Crippen LogP) is 1.85. The molecule has 1 aliphatic rings. The van der Waals surface area contributed by atoms with Crippen LogP contribution in [0.3, 0.4) is 0 Å². The number of hydrogen-bond donors (Lipinski definition) is 2. The van der Waals surface area contributed by atoms with Crippen molar-refractivity contribution >= 4 is 5.91 Å². The van der Waals surface area contributed by atoms with Crippen molar-refractivity contribution in [2.45, 2.75) is 46.5 Å². The molecule has 4 heteroatoms. The molecule has 0 aromatic rings. The van der Waals surface area contributed by atoms with E-state index >= 15 is 0 Å². The number of nitrogens with two attached hydrogens (primary N) is 1. The van der Waals surface area contributed by atoms with Crippen LogP contribution in [0.4, 0.5) is 0 Å². The second-order valence-electron chi connectivity index (χ2n) is 6.62. The molecule has 0 aliphatic carbocycles. The van der Waals surface area contributed by atoms with E-state index in [0.29, 0.717) is 30.7 Å². The first kappa shape index (κ1) is 17.4. The maximum absolute atomic E-state index is 12.0. The van der Waals surface area contributed by atoms with Gasteiger partial charge in [0.25, 0.3) is 0 Å². The summed E-state index contributed by atoms with van der Waals surface area (Å²) in [6.07, 6.45) is 4.04. The highest BCUT2D eigenvalue weighted by molar-refractivity contribution is 5.76. The average Bonchev–Trinajstić information content (AvgIpc) is 2.44. The second-order valence-corrected chi connectivity index (χ2v) is 6.62. The van der Waals surface area contributed by atoms with Crippen molar-refractivity contribution in [3.63, 3.8) is 0 Å². The molecule has 1 rings (SSSR count). The Labute approximate surface area is 124 Å². The predicted molar refractivity (Wildman–Crippen MR) is 84.5 cm³/mol. The first-order valence-electron chi connectivity index (χ1n) is 8.24. The Bertz CT molecular complexity index is 273. The number of carbonyl (C=O) groups excluding carboxylic acids is 1. The molecule has 0 aromatic heterocycles. The van der Waals surface area contributed by atoms with Crippen LogP contribution in [-0.4, -0.2) is 43.5 Å². The molecular formula is C16H33N3O. The van der Waals surface area contributed by atoms with E-state index in [2.05, 4.69) is 31.0 Å². The molecule has 1 heterocycles. The molecule has 0 bridgehead atoms. The lowest BCUT2D eigenvalue weighted by atomic mass is 9.93. The second kappa shape index (κ2) is 9.35. The molecule has 0 aromatic carbocycles. The van der Waals surface area contributed by atoms with Crippen LogP contribution < -0.4 is 11.1 Å². The van der Waals surface area contributed by atoms with E-state index < -0.39 is 0 Å².